The third-order valence-electron chi connectivity index (χ3n) is 5.70. The molecule has 1 amide bonds. The zero-order valence-corrected chi connectivity index (χ0v) is 23.5. The molecule has 2 N–H and O–H groups in total. The number of hydrogen-bond donors (Lipinski definition) is 2. The summed E-state index contributed by atoms with van der Waals surface area (Å²) in [4.78, 5) is 13.0. The third kappa shape index (κ3) is 6.97. The smallest absolute Gasteiger partial charge is 0.264 e. The van der Waals surface area contributed by atoms with Crippen molar-refractivity contribution in [3.63, 3.8) is 0 Å². The van der Waals surface area contributed by atoms with Crippen molar-refractivity contribution in [2.45, 2.75) is 23.6 Å². The fraction of sp³-hybridized carbons (Fsp3) is 0.107. The minimum atomic E-state index is -4.11. The van der Waals surface area contributed by atoms with Gasteiger partial charge < -0.3 is 5.32 Å². The number of rotatable bonds is 9. The first-order valence-corrected chi connectivity index (χ1v) is 15.1. The quantitative estimate of drug-likeness (QED) is 0.267. The molecule has 0 spiro atoms. The van der Waals surface area contributed by atoms with E-state index in [1.54, 1.807) is 36.4 Å². The summed E-state index contributed by atoms with van der Waals surface area (Å²) in [6.07, 6.45) is 0. The molecule has 0 saturated carbocycles. The van der Waals surface area contributed by atoms with E-state index in [0.717, 1.165) is 15.4 Å². The Labute approximate surface area is 233 Å². The molecule has 0 radical (unpaired) electrons. The van der Waals surface area contributed by atoms with E-state index in [-0.39, 0.29) is 9.79 Å². The van der Waals surface area contributed by atoms with Crippen LogP contribution in [0.3, 0.4) is 0 Å². The first-order chi connectivity index (χ1) is 18.4. The van der Waals surface area contributed by atoms with Crippen molar-refractivity contribution >= 4 is 54.6 Å². The van der Waals surface area contributed by atoms with Gasteiger partial charge in [-0.15, -0.1) is 0 Å². The highest BCUT2D eigenvalue weighted by atomic mass is 35.5. The number of halogens is 1. The van der Waals surface area contributed by atoms with Crippen LogP contribution in [0, 0.1) is 13.8 Å². The van der Waals surface area contributed by atoms with Gasteiger partial charge in [0.15, 0.2) is 0 Å². The van der Waals surface area contributed by atoms with Gasteiger partial charge in [0.25, 0.3) is 20.0 Å². The molecule has 39 heavy (non-hydrogen) atoms. The van der Waals surface area contributed by atoms with E-state index in [9.17, 15) is 21.6 Å². The highest BCUT2D eigenvalue weighted by Crippen LogP contribution is 2.26. The number of carbonyl (C=O) groups excluding carboxylic acids is 1. The van der Waals surface area contributed by atoms with E-state index < -0.39 is 32.5 Å². The Morgan fingerprint density at radius 1 is 0.744 bits per heavy atom. The van der Waals surface area contributed by atoms with Crippen LogP contribution < -0.4 is 14.3 Å². The first-order valence-electron chi connectivity index (χ1n) is 11.8. The van der Waals surface area contributed by atoms with Gasteiger partial charge in [0.05, 0.1) is 15.5 Å². The Bertz CT molecular complexity index is 1710. The van der Waals surface area contributed by atoms with Crippen molar-refractivity contribution in [2.24, 2.45) is 0 Å². The number of benzene rings is 4. The molecular formula is C28H26ClN3O5S2. The molecular weight excluding hydrogens is 558 g/mol. The normalized spacial score (nSPS) is 11.6. The molecule has 202 valence electrons. The number of amides is 1. The Hall–Kier alpha value is -3.86. The second-order valence-electron chi connectivity index (χ2n) is 8.85. The minimum absolute atomic E-state index is 0.00806. The lowest BCUT2D eigenvalue weighted by Gasteiger charge is -2.24. The average Bonchev–Trinajstić information content (AvgIpc) is 2.87. The number of anilines is 3. The van der Waals surface area contributed by atoms with Crippen LogP contribution in [-0.2, 0) is 24.8 Å². The third-order valence-corrected chi connectivity index (χ3v) is 9.13. The molecule has 4 rings (SSSR count). The molecule has 0 aliphatic carbocycles. The summed E-state index contributed by atoms with van der Waals surface area (Å²) in [6, 6.07) is 25.0. The van der Waals surface area contributed by atoms with Crippen LogP contribution >= 0.6 is 11.6 Å². The standard InChI is InChI=1S/C28H26ClN3O5S2/c1-20-5-3-7-24(17-20)31-38(34,35)26-15-11-23(12-16-26)30-28(33)19-32(25-8-4-6-21(2)18-25)39(36,37)27-13-9-22(29)10-14-27/h3-18,31H,19H2,1-2H3,(H,30,33). The van der Waals surface area contributed by atoms with E-state index in [1.807, 2.05) is 26.0 Å². The monoisotopic (exact) mass is 583 g/mol. The second-order valence-corrected chi connectivity index (χ2v) is 12.8. The molecule has 4 aromatic carbocycles. The zero-order valence-electron chi connectivity index (χ0n) is 21.1. The second kappa shape index (κ2) is 11.5. The van der Waals surface area contributed by atoms with Gasteiger partial charge >= 0.3 is 0 Å². The Kier molecular flexibility index (Phi) is 8.29. The highest BCUT2D eigenvalue weighted by molar-refractivity contribution is 7.93. The molecule has 0 saturated heterocycles. The summed E-state index contributed by atoms with van der Waals surface area (Å²) >= 11 is 5.93. The maximum absolute atomic E-state index is 13.5. The van der Waals surface area contributed by atoms with Gasteiger partial charge in [0, 0.05) is 16.4 Å². The number of nitrogens with zero attached hydrogens (tertiary/aromatic N) is 1. The van der Waals surface area contributed by atoms with E-state index in [4.69, 9.17) is 11.6 Å². The summed E-state index contributed by atoms with van der Waals surface area (Å²) in [7, 11) is -7.95. The number of aryl methyl sites for hydroxylation is 2. The SMILES string of the molecule is Cc1cccc(NS(=O)(=O)c2ccc(NC(=O)CN(c3cccc(C)c3)S(=O)(=O)c3ccc(Cl)cc3)cc2)c1. The average molecular weight is 584 g/mol. The largest absolute Gasteiger partial charge is 0.325 e. The topological polar surface area (TPSA) is 113 Å². The summed E-state index contributed by atoms with van der Waals surface area (Å²) in [5, 5.41) is 3.03. The molecule has 0 aliphatic heterocycles. The lowest BCUT2D eigenvalue weighted by molar-refractivity contribution is -0.114. The fourth-order valence-electron chi connectivity index (χ4n) is 3.80. The molecule has 0 aromatic heterocycles. The number of sulfonamides is 2. The predicted octanol–water partition coefficient (Wildman–Crippen LogP) is 5.59. The summed E-state index contributed by atoms with van der Waals surface area (Å²) < 4.78 is 56.1. The van der Waals surface area contributed by atoms with E-state index in [1.165, 1.54) is 48.5 Å². The van der Waals surface area contributed by atoms with Gasteiger partial charge in [-0.05, 0) is 97.8 Å². The van der Waals surface area contributed by atoms with Gasteiger partial charge in [-0.3, -0.25) is 13.8 Å². The summed E-state index contributed by atoms with van der Waals surface area (Å²) in [5.74, 6) is -0.609. The van der Waals surface area contributed by atoms with Crippen LogP contribution in [0.15, 0.2) is 107 Å². The van der Waals surface area contributed by atoms with Crippen molar-refractivity contribution in [3.8, 4) is 0 Å². The van der Waals surface area contributed by atoms with Crippen molar-refractivity contribution in [1.29, 1.82) is 0 Å². The van der Waals surface area contributed by atoms with Gasteiger partial charge in [-0.25, -0.2) is 16.8 Å². The lowest BCUT2D eigenvalue weighted by atomic mass is 10.2. The van der Waals surface area contributed by atoms with Crippen LogP contribution in [0.2, 0.25) is 5.02 Å². The van der Waals surface area contributed by atoms with Gasteiger partial charge in [-0.2, -0.15) is 0 Å². The molecule has 0 unspecified atom stereocenters. The maximum Gasteiger partial charge on any atom is 0.264 e. The molecule has 0 atom stereocenters. The highest BCUT2D eigenvalue weighted by Gasteiger charge is 2.27. The molecule has 0 aliphatic rings. The van der Waals surface area contributed by atoms with E-state index >= 15 is 0 Å². The number of hydrogen-bond acceptors (Lipinski definition) is 5. The van der Waals surface area contributed by atoms with Gasteiger partial charge in [-0.1, -0.05) is 35.9 Å². The van der Waals surface area contributed by atoms with Crippen molar-refractivity contribution in [3.05, 3.63) is 113 Å². The van der Waals surface area contributed by atoms with Crippen LogP contribution in [0.25, 0.3) is 0 Å². The number of carbonyl (C=O) groups is 1. The molecule has 8 nitrogen and oxygen atoms in total. The molecule has 4 aromatic rings. The van der Waals surface area contributed by atoms with Crippen LogP contribution in [-0.4, -0.2) is 29.3 Å². The molecule has 0 fully saturated rings. The first kappa shape index (κ1) is 28.2. The molecule has 0 bridgehead atoms. The minimum Gasteiger partial charge on any atom is -0.325 e. The van der Waals surface area contributed by atoms with Crippen LogP contribution in [0.5, 0.6) is 0 Å². The fourth-order valence-corrected chi connectivity index (χ4v) is 6.39. The molecule has 0 heterocycles. The summed E-state index contributed by atoms with van der Waals surface area (Å²) in [6.45, 7) is 3.17. The molecule has 11 heteroatoms. The maximum atomic E-state index is 13.5. The Balaban J connectivity index is 1.53. The van der Waals surface area contributed by atoms with Crippen molar-refractivity contribution in [2.75, 3.05) is 20.9 Å². The van der Waals surface area contributed by atoms with Gasteiger partial charge in [0.1, 0.15) is 6.54 Å². The van der Waals surface area contributed by atoms with Crippen LogP contribution in [0.1, 0.15) is 11.1 Å². The van der Waals surface area contributed by atoms with E-state index in [0.29, 0.717) is 22.1 Å². The van der Waals surface area contributed by atoms with Crippen molar-refractivity contribution in [1.82, 2.24) is 0 Å². The Morgan fingerprint density at radius 2 is 1.33 bits per heavy atom. The van der Waals surface area contributed by atoms with Gasteiger partial charge in [0.2, 0.25) is 5.91 Å². The predicted molar refractivity (Wildman–Crippen MR) is 154 cm³/mol. The summed E-state index contributed by atoms with van der Waals surface area (Å²) in [5.41, 5.74) is 2.79. The number of nitrogens with one attached hydrogen (secondary N) is 2. The van der Waals surface area contributed by atoms with Crippen LogP contribution in [0.4, 0.5) is 17.1 Å². The lowest BCUT2D eigenvalue weighted by Crippen LogP contribution is -2.38. The Morgan fingerprint density at radius 3 is 1.95 bits per heavy atom. The van der Waals surface area contributed by atoms with Crippen molar-refractivity contribution < 1.29 is 21.6 Å². The zero-order chi connectivity index (χ0) is 28.2. The van der Waals surface area contributed by atoms with E-state index in [2.05, 4.69) is 10.0 Å².